The molecular weight excluding hydrogens is 533 g/mol. The Morgan fingerprint density at radius 1 is 0.902 bits per heavy atom. The fourth-order valence-corrected chi connectivity index (χ4v) is 7.27. The second-order valence-electron chi connectivity index (χ2n) is 11.4. The summed E-state index contributed by atoms with van der Waals surface area (Å²) in [6, 6.07) is 28.4. The predicted molar refractivity (Wildman–Crippen MR) is 163 cm³/mol. The lowest BCUT2D eigenvalue weighted by molar-refractivity contribution is 0.0988. The van der Waals surface area contributed by atoms with Crippen molar-refractivity contribution in [2.75, 3.05) is 55.7 Å². The summed E-state index contributed by atoms with van der Waals surface area (Å²) in [5.74, 6) is 1.27. The number of anilines is 2. The maximum Gasteiger partial charge on any atom is 0.268 e. The van der Waals surface area contributed by atoms with Crippen LogP contribution in [0.1, 0.15) is 15.2 Å². The van der Waals surface area contributed by atoms with Crippen molar-refractivity contribution in [1.82, 2.24) is 4.90 Å². The van der Waals surface area contributed by atoms with Crippen LogP contribution in [0.4, 0.5) is 15.8 Å². The van der Waals surface area contributed by atoms with Crippen molar-refractivity contribution in [2.24, 2.45) is 17.8 Å². The van der Waals surface area contributed by atoms with E-state index >= 15 is 4.39 Å². The van der Waals surface area contributed by atoms with Gasteiger partial charge < -0.3 is 14.5 Å². The number of amides is 1. The van der Waals surface area contributed by atoms with Gasteiger partial charge in [-0.2, -0.15) is 0 Å². The number of hydrogen-bond acceptors (Lipinski definition) is 5. The molecule has 3 aromatic carbocycles. The lowest BCUT2D eigenvalue weighted by Gasteiger charge is -2.30. The highest BCUT2D eigenvalue weighted by Gasteiger charge is 2.56. The summed E-state index contributed by atoms with van der Waals surface area (Å²) in [7, 11) is 0. The van der Waals surface area contributed by atoms with Crippen LogP contribution in [0.5, 0.6) is 0 Å². The van der Waals surface area contributed by atoms with E-state index in [0.717, 1.165) is 19.6 Å². The minimum Gasteiger partial charge on any atom is -0.378 e. The van der Waals surface area contributed by atoms with Gasteiger partial charge in [0.2, 0.25) is 0 Å². The summed E-state index contributed by atoms with van der Waals surface area (Å²) in [4.78, 5) is 20.7. The maximum atomic E-state index is 15.3. The van der Waals surface area contributed by atoms with Crippen LogP contribution in [0.15, 0.2) is 90.3 Å². The number of thiophene rings is 1. The molecule has 0 bridgehead atoms. The summed E-state index contributed by atoms with van der Waals surface area (Å²) in [6.45, 7) is 6.21. The van der Waals surface area contributed by atoms with E-state index in [1.165, 1.54) is 28.0 Å². The second-order valence-corrected chi connectivity index (χ2v) is 12.3. The zero-order valence-electron chi connectivity index (χ0n) is 23.0. The van der Waals surface area contributed by atoms with E-state index in [1.807, 2.05) is 45.5 Å². The Morgan fingerprint density at radius 2 is 1.63 bits per heavy atom. The van der Waals surface area contributed by atoms with Crippen molar-refractivity contribution in [3.8, 4) is 11.1 Å². The Hall–Kier alpha value is -3.52. The molecule has 1 aliphatic carbocycles. The Kier molecular flexibility index (Phi) is 7.33. The van der Waals surface area contributed by atoms with Gasteiger partial charge in [-0.05, 0) is 64.1 Å². The number of morpholine rings is 1. The van der Waals surface area contributed by atoms with Gasteiger partial charge >= 0.3 is 0 Å². The number of piperidine rings is 1. The largest absolute Gasteiger partial charge is 0.378 e. The van der Waals surface area contributed by atoms with Crippen LogP contribution in [-0.4, -0.2) is 56.7 Å². The summed E-state index contributed by atoms with van der Waals surface area (Å²) in [5.41, 5.74) is 5.02. The molecule has 1 amide bonds. The summed E-state index contributed by atoms with van der Waals surface area (Å²) < 4.78 is 20.8. The van der Waals surface area contributed by atoms with Gasteiger partial charge in [0.15, 0.2) is 0 Å². The smallest absolute Gasteiger partial charge is 0.268 e. The molecule has 210 valence electrons. The van der Waals surface area contributed by atoms with Crippen LogP contribution < -0.4 is 9.80 Å². The molecule has 0 radical (unpaired) electrons. The number of halogens is 1. The zero-order chi connectivity index (χ0) is 27.8. The number of carbonyl (C=O) groups excluding carboxylic acids is 1. The van der Waals surface area contributed by atoms with Crippen molar-refractivity contribution in [1.29, 1.82) is 0 Å². The van der Waals surface area contributed by atoms with E-state index in [0.29, 0.717) is 66.9 Å². The quantitative estimate of drug-likeness (QED) is 0.246. The molecule has 3 fully saturated rings. The van der Waals surface area contributed by atoms with Crippen LogP contribution in [0, 0.1) is 23.6 Å². The molecule has 2 saturated heterocycles. The highest BCUT2D eigenvalue weighted by molar-refractivity contribution is 7.12. The molecule has 41 heavy (non-hydrogen) atoms. The van der Waals surface area contributed by atoms with Gasteiger partial charge in [0.25, 0.3) is 5.91 Å². The Labute approximate surface area is 244 Å². The fourth-order valence-electron chi connectivity index (χ4n) is 6.60. The molecule has 7 heteroatoms. The average molecular weight is 568 g/mol. The average Bonchev–Trinajstić information content (AvgIpc) is 3.37. The molecule has 7 rings (SSSR count). The lowest BCUT2D eigenvalue weighted by Crippen LogP contribution is -2.37. The Morgan fingerprint density at radius 3 is 2.32 bits per heavy atom. The van der Waals surface area contributed by atoms with Gasteiger partial charge in [-0.15, -0.1) is 11.3 Å². The lowest BCUT2D eigenvalue weighted by atomic mass is 10.0. The van der Waals surface area contributed by atoms with Crippen LogP contribution in [0.25, 0.3) is 11.1 Å². The molecule has 0 spiro atoms. The van der Waals surface area contributed by atoms with Gasteiger partial charge in [-0.3, -0.25) is 9.69 Å². The third-order valence-corrected chi connectivity index (χ3v) is 9.74. The standard InChI is InChI=1S/C34H34FN3O2S/c35-31-19-27(12-13-32(31)37-14-16-40-17-15-37)38(34(39)33-7-4-18-41-33)23-30-28-21-36(22-29(28)30)20-24-8-10-26(11-9-24)25-5-2-1-3-6-25/h1-13,18-19,28-30H,14-17,20-23H2. The van der Waals surface area contributed by atoms with Crippen molar-refractivity contribution in [3.63, 3.8) is 0 Å². The summed E-state index contributed by atoms with van der Waals surface area (Å²) in [6.07, 6.45) is 0. The molecule has 5 nitrogen and oxygen atoms in total. The van der Waals surface area contributed by atoms with Crippen LogP contribution in [-0.2, 0) is 11.3 Å². The van der Waals surface area contributed by atoms with Crippen LogP contribution >= 0.6 is 11.3 Å². The molecule has 2 aliphatic heterocycles. The molecule has 3 heterocycles. The van der Waals surface area contributed by atoms with Gasteiger partial charge in [-0.1, -0.05) is 60.7 Å². The van der Waals surface area contributed by atoms with Crippen molar-refractivity contribution in [2.45, 2.75) is 6.54 Å². The molecule has 2 unspecified atom stereocenters. The van der Waals surface area contributed by atoms with E-state index < -0.39 is 0 Å². The second kappa shape index (κ2) is 11.4. The molecular formula is C34H34FN3O2S. The fraction of sp³-hybridized carbons (Fsp3) is 0.324. The first-order valence-corrected chi connectivity index (χ1v) is 15.4. The summed E-state index contributed by atoms with van der Waals surface area (Å²) in [5, 5.41) is 1.92. The number of ether oxygens (including phenoxy) is 1. The minimum atomic E-state index is -0.283. The van der Waals surface area contributed by atoms with E-state index in [1.54, 1.807) is 6.07 Å². The first-order chi connectivity index (χ1) is 20.1. The van der Waals surface area contributed by atoms with Crippen LogP contribution in [0.2, 0.25) is 0 Å². The van der Waals surface area contributed by atoms with Gasteiger partial charge in [0.05, 0.1) is 23.8 Å². The van der Waals surface area contributed by atoms with Crippen molar-refractivity contribution < 1.29 is 13.9 Å². The van der Waals surface area contributed by atoms with Crippen molar-refractivity contribution >= 4 is 28.6 Å². The molecule has 4 aromatic rings. The highest BCUT2D eigenvalue weighted by Crippen LogP contribution is 2.52. The number of nitrogens with zero attached hydrogens (tertiary/aromatic N) is 3. The maximum absolute atomic E-state index is 15.3. The third-order valence-electron chi connectivity index (χ3n) is 8.88. The number of likely N-dealkylation sites (tertiary alicyclic amines) is 1. The van der Waals surface area contributed by atoms with E-state index in [2.05, 4.69) is 53.4 Å². The Bertz CT molecular complexity index is 1480. The van der Waals surface area contributed by atoms with E-state index in [9.17, 15) is 4.79 Å². The number of carbonyl (C=O) groups is 1. The molecule has 3 aliphatic rings. The molecule has 0 N–H and O–H groups in total. The van der Waals surface area contributed by atoms with E-state index in [4.69, 9.17) is 4.74 Å². The predicted octanol–water partition coefficient (Wildman–Crippen LogP) is 6.42. The Balaban J connectivity index is 1.01. The number of rotatable bonds is 8. The zero-order valence-corrected chi connectivity index (χ0v) is 23.8. The first-order valence-electron chi connectivity index (χ1n) is 14.5. The number of hydrogen-bond donors (Lipinski definition) is 0. The van der Waals surface area contributed by atoms with Crippen molar-refractivity contribution in [3.05, 3.63) is 107 Å². The van der Waals surface area contributed by atoms with E-state index in [-0.39, 0.29) is 11.7 Å². The topological polar surface area (TPSA) is 36.0 Å². The van der Waals surface area contributed by atoms with Crippen LogP contribution in [0.3, 0.4) is 0 Å². The van der Waals surface area contributed by atoms with Gasteiger partial charge in [0.1, 0.15) is 5.82 Å². The SMILES string of the molecule is O=C(c1cccs1)N(CC1C2CN(Cc3ccc(-c4ccccc4)cc3)CC21)c1ccc(N2CCOCC2)c(F)c1. The molecule has 2 atom stereocenters. The third kappa shape index (κ3) is 5.54. The molecule has 1 saturated carbocycles. The first kappa shape index (κ1) is 26.4. The van der Waals surface area contributed by atoms with Gasteiger partial charge in [-0.25, -0.2) is 4.39 Å². The number of benzene rings is 3. The summed E-state index contributed by atoms with van der Waals surface area (Å²) >= 11 is 1.44. The number of fused-ring (bicyclic) bond motifs is 1. The minimum absolute atomic E-state index is 0.0427. The monoisotopic (exact) mass is 567 g/mol. The highest BCUT2D eigenvalue weighted by atomic mass is 32.1. The molecule has 1 aromatic heterocycles. The normalized spacial score (nSPS) is 22.0. The van der Waals surface area contributed by atoms with Gasteiger partial charge in [0, 0.05) is 45.0 Å².